The summed E-state index contributed by atoms with van der Waals surface area (Å²) in [4.78, 5) is 35.5. The Morgan fingerprint density at radius 2 is 1.90 bits per heavy atom. The number of amides is 2. The number of benzene rings is 1. The lowest BCUT2D eigenvalue weighted by Crippen LogP contribution is -2.45. The molecule has 0 spiro atoms. The zero-order valence-corrected chi connectivity index (χ0v) is 12.4. The summed E-state index contributed by atoms with van der Waals surface area (Å²) in [5, 5.41) is 11.6. The van der Waals surface area contributed by atoms with Crippen LogP contribution in [0.4, 0.5) is 0 Å². The minimum Gasteiger partial charge on any atom is -0.478 e. The first-order valence-electron chi connectivity index (χ1n) is 6.66. The molecule has 0 saturated heterocycles. The van der Waals surface area contributed by atoms with Crippen molar-refractivity contribution >= 4 is 17.8 Å². The van der Waals surface area contributed by atoms with Gasteiger partial charge < -0.3 is 15.3 Å². The molecule has 6 nitrogen and oxygen atoms in total. The van der Waals surface area contributed by atoms with E-state index in [4.69, 9.17) is 5.11 Å². The van der Waals surface area contributed by atoms with Gasteiger partial charge in [-0.05, 0) is 25.0 Å². The molecule has 2 N–H and O–H groups in total. The fourth-order valence-corrected chi connectivity index (χ4v) is 2.04. The van der Waals surface area contributed by atoms with Crippen LogP contribution in [0.3, 0.4) is 0 Å². The number of carbonyl (C=O) groups excluding carboxylic acids is 2. The van der Waals surface area contributed by atoms with Gasteiger partial charge in [-0.3, -0.25) is 9.59 Å². The van der Waals surface area contributed by atoms with Crippen molar-refractivity contribution in [3.63, 3.8) is 0 Å². The lowest BCUT2D eigenvalue weighted by atomic mass is 10.0. The maximum atomic E-state index is 12.0. The molecule has 6 heteroatoms. The van der Waals surface area contributed by atoms with Crippen molar-refractivity contribution in [2.45, 2.75) is 26.3 Å². The molecule has 0 bridgehead atoms. The molecule has 0 radical (unpaired) electrons. The van der Waals surface area contributed by atoms with E-state index in [1.54, 1.807) is 38.2 Å². The third-order valence-electron chi connectivity index (χ3n) is 3.13. The standard InChI is InChI=1S/C15H20N2O4/c1-10(16-11(2)18)14(19)17(3)9-8-12-6-4-5-7-13(12)15(20)21/h4-7,10H,8-9H2,1-3H3,(H,16,18)(H,20,21). The van der Waals surface area contributed by atoms with Gasteiger partial charge in [0.2, 0.25) is 11.8 Å². The minimum absolute atomic E-state index is 0.210. The number of carbonyl (C=O) groups is 3. The predicted octanol–water partition coefficient (Wildman–Crippen LogP) is 0.910. The van der Waals surface area contributed by atoms with Crippen LogP contribution in [-0.4, -0.2) is 47.4 Å². The van der Waals surface area contributed by atoms with Gasteiger partial charge in [-0.15, -0.1) is 0 Å². The summed E-state index contributed by atoms with van der Waals surface area (Å²) >= 11 is 0. The van der Waals surface area contributed by atoms with Crippen LogP contribution in [0.1, 0.15) is 29.8 Å². The minimum atomic E-state index is -0.980. The molecule has 0 aromatic heterocycles. The molecular weight excluding hydrogens is 272 g/mol. The second-order valence-corrected chi connectivity index (χ2v) is 4.89. The van der Waals surface area contributed by atoms with Crippen LogP contribution >= 0.6 is 0 Å². The van der Waals surface area contributed by atoms with E-state index in [9.17, 15) is 14.4 Å². The van der Waals surface area contributed by atoms with Gasteiger partial charge in [0.05, 0.1) is 5.56 Å². The maximum Gasteiger partial charge on any atom is 0.335 e. The fourth-order valence-electron chi connectivity index (χ4n) is 2.04. The van der Waals surface area contributed by atoms with Crippen LogP contribution in [0, 0.1) is 0 Å². The number of nitrogens with zero attached hydrogens (tertiary/aromatic N) is 1. The number of hydrogen-bond donors (Lipinski definition) is 2. The number of carboxylic acid groups (broad SMARTS) is 1. The quantitative estimate of drug-likeness (QED) is 0.816. The summed E-state index contributed by atoms with van der Waals surface area (Å²) in [5.41, 5.74) is 0.921. The molecular formula is C15H20N2O4. The summed E-state index contributed by atoms with van der Waals surface area (Å²) in [6, 6.07) is 6.12. The average molecular weight is 292 g/mol. The Bertz CT molecular complexity index is 542. The maximum absolute atomic E-state index is 12.0. The highest BCUT2D eigenvalue weighted by Crippen LogP contribution is 2.10. The van der Waals surface area contributed by atoms with E-state index in [-0.39, 0.29) is 17.4 Å². The Kier molecular flexibility index (Phi) is 5.90. The monoisotopic (exact) mass is 292 g/mol. The van der Waals surface area contributed by atoms with Crippen molar-refractivity contribution in [1.82, 2.24) is 10.2 Å². The topological polar surface area (TPSA) is 86.7 Å². The number of carboxylic acids is 1. The van der Waals surface area contributed by atoms with Crippen LogP contribution in [0.2, 0.25) is 0 Å². The molecule has 0 saturated carbocycles. The highest BCUT2D eigenvalue weighted by atomic mass is 16.4. The molecule has 2 amide bonds. The number of aromatic carboxylic acids is 1. The van der Waals surface area contributed by atoms with Gasteiger partial charge >= 0.3 is 5.97 Å². The summed E-state index contributed by atoms with van der Waals surface area (Å²) in [7, 11) is 1.63. The number of rotatable bonds is 6. The molecule has 1 unspecified atom stereocenters. The van der Waals surface area contributed by atoms with Gasteiger partial charge in [0.1, 0.15) is 6.04 Å². The van der Waals surface area contributed by atoms with E-state index in [1.807, 2.05) is 0 Å². The first-order chi connectivity index (χ1) is 9.82. The Labute approximate surface area is 123 Å². The van der Waals surface area contributed by atoms with Gasteiger partial charge in [-0.1, -0.05) is 18.2 Å². The Morgan fingerprint density at radius 1 is 1.29 bits per heavy atom. The molecule has 0 aliphatic heterocycles. The van der Waals surface area contributed by atoms with E-state index in [2.05, 4.69) is 5.32 Å². The Morgan fingerprint density at radius 3 is 2.48 bits per heavy atom. The molecule has 1 rings (SSSR count). The molecule has 0 heterocycles. The van der Waals surface area contributed by atoms with Crippen molar-refractivity contribution in [2.75, 3.05) is 13.6 Å². The normalized spacial score (nSPS) is 11.6. The van der Waals surface area contributed by atoms with Gasteiger partial charge in [0.25, 0.3) is 0 Å². The van der Waals surface area contributed by atoms with E-state index in [1.165, 1.54) is 11.8 Å². The van der Waals surface area contributed by atoms with Crippen LogP contribution in [0.25, 0.3) is 0 Å². The third-order valence-corrected chi connectivity index (χ3v) is 3.13. The van der Waals surface area contributed by atoms with Gasteiger partial charge in [-0.2, -0.15) is 0 Å². The van der Waals surface area contributed by atoms with Gasteiger partial charge in [-0.25, -0.2) is 4.79 Å². The van der Waals surface area contributed by atoms with Gasteiger partial charge in [0, 0.05) is 20.5 Å². The van der Waals surface area contributed by atoms with Crippen LogP contribution in [-0.2, 0) is 16.0 Å². The summed E-state index contributed by atoms with van der Waals surface area (Å²) in [5.74, 6) is -1.45. The van der Waals surface area contributed by atoms with Crippen molar-refractivity contribution in [3.05, 3.63) is 35.4 Å². The molecule has 1 atom stereocenters. The van der Waals surface area contributed by atoms with Crippen LogP contribution in [0.15, 0.2) is 24.3 Å². The number of likely N-dealkylation sites (N-methyl/N-ethyl adjacent to an activating group) is 1. The zero-order chi connectivity index (χ0) is 16.0. The molecule has 0 fully saturated rings. The fraction of sp³-hybridized carbons (Fsp3) is 0.400. The second-order valence-electron chi connectivity index (χ2n) is 4.89. The smallest absolute Gasteiger partial charge is 0.335 e. The Balaban J connectivity index is 2.65. The van der Waals surface area contributed by atoms with Gasteiger partial charge in [0.15, 0.2) is 0 Å². The first kappa shape index (κ1) is 16.7. The van der Waals surface area contributed by atoms with E-state index >= 15 is 0 Å². The van der Waals surface area contributed by atoms with Crippen molar-refractivity contribution in [1.29, 1.82) is 0 Å². The number of nitrogens with one attached hydrogen (secondary N) is 1. The van der Waals surface area contributed by atoms with Crippen LogP contribution in [0.5, 0.6) is 0 Å². The summed E-state index contributed by atoms with van der Waals surface area (Å²) in [6.07, 6.45) is 0.442. The SMILES string of the molecule is CC(=O)NC(C)C(=O)N(C)CCc1ccccc1C(=O)O. The summed E-state index contributed by atoms with van der Waals surface area (Å²) in [6.45, 7) is 3.35. The molecule has 114 valence electrons. The van der Waals surface area contributed by atoms with E-state index in [0.717, 1.165) is 0 Å². The van der Waals surface area contributed by atoms with E-state index in [0.29, 0.717) is 18.5 Å². The van der Waals surface area contributed by atoms with Crippen molar-refractivity contribution in [2.24, 2.45) is 0 Å². The average Bonchev–Trinajstić information content (AvgIpc) is 2.43. The molecule has 0 aliphatic rings. The summed E-state index contributed by atoms with van der Waals surface area (Å²) < 4.78 is 0. The molecule has 21 heavy (non-hydrogen) atoms. The highest BCUT2D eigenvalue weighted by Gasteiger charge is 2.18. The van der Waals surface area contributed by atoms with E-state index < -0.39 is 12.0 Å². The van der Waals surface area contributed by atoms with Crippen molar-refractivity contribution in [3.8, 4) is 0 Å². The Hall–Kier alpha value is -2.37. The molecule has 1 aromatic carbocycles. The second kappa shape index (κ2) is 7.42. The zero-order valence-electron chi connectivity index (χ0n) is 12.4. The highest BCUT2D eigenvalue weighted by molar-refractivity contribution is 5.89. The predicted molar refractivity (Wildman–Crippen MR) is 78.0 cm³/mol. The lowest BCUT2D eigenvalue weighted by Gasteiger charge is -2.22. The van der Waals surface area contributed by atoms with Crippen LogP contribution < -0.4 is 5.32 Å². The third kappa shape index (κ3) is 4.91. The molecule has 1 aromatic rings. The first-order valence-corrected chi connectivity index (χ1v) is 6.66. The largest absolute Gasteiger partial charge is 0.478 e. The van der Waals surface area contributed by atoms with Crippen molar-refractivity contribution < 1.29 is 19.5 Å². The molecule has 0 aliphatic carbocycles. The lowest BCUT2D eigenvalue weighted by molar-refractivity contribution is -0.134. The number of hydrogen-bond acceptors (Lipinski definition) is 3.